The lowest BCUT2D eigenvalue weighted by molar-refractivity contribution is -0.141. The summed E-state index contributed by atoms with van der Waals surface area (Å²) in [5, 5.41) is 0. The van der Waals surface area contributed by atoms with Crippen molar-refractivity contribution in [2.45, 2.75) is 12.8 Å². The van der Waals surface area contributed by atoms with Gasteiger partial charge in [-0.05, 0) is 30.7 Å². The van der Waals surface area contributed by atoms with Crippen LogP contribution in [-0.4, -0.2) is 26.2 Å². The Bertz CT molecular complexity index is 382. The average Bonchev–Trinajstić information content (AvgIpc) is 2.28. The van der Waals surface area contributed by atoms with E-state index in [-0.39, 0.29) is 24.8 Å². The fraction of sp³-hybridized carbons (Fsp3) is 0.417. The molecule has 0 bridgehead atoms. The minimum atomic E-state index is -0.371. The number of halogens is 1. The second-order valence-corrected chi connectivity index (χ2v) is 3.51. The maximum absolute atomic E-state index is 13.2. The number of methoxy groups -OCH3 is 1. The summed E-state index contributed by atoms with van der Waals surface area (Å²) in [6.07, 6.45) is 0.727. The van der Waals surface area contributed by atoms with Crippen LogP contribution in [0, 0.1) is 5.82 Å². The van der Waals surface area contributed by atoms with Crippen molar-refractivity contribution in [3.8, 4) is 5.75 Å². The van der Waals surface area contributed by atoms with Crippen LogP contribution in [0.3, 0.4) is 0 Å². The Labute approximate surface area is 99.5 Å². The highest BCUT2D eigenvalue weighted by atomic mass is 19.1. The average molecular weight is 241 g/mol. The molecule has 0 aliphatic rings. The van der Waals surface area contributed by atoms with Gasteiger partial charge in [0, 0.05) is 6.07 Å². The maximum atomic E-state index is 13.2. The number of hydrogen-bond acceptors (Lipinski definition) is 4. The van der Waals surface area contributed by atoms with E-state index in [0.717, 1.165) is 5.56 Å². The van der Waals surface area contributed by atoms with Crippen molar-refractivity contribution in [3.63, 3.8) is 0 Å². The van der Waals surface area contributed by atoms with Crippen LogP contribution >= 0.6 is 0 Å². The van der Waals surface area contributed by atoms with Crippen LogP contribution in [0.15, 0.2) is 18.2 Å². The summed E-state index contributed by atoms with van der Waals surface area (Å²) in [4.78, 5) is 10.8. The van der Waals surface area contributed by atoms with E-state index < -0.39 is 0 Å². The summed E-state index contributed by atoms with van der Waals surface area (Å²) >= 11 is 0. The van der Waals surface area contributed by atoms with Crippen molar-refractivity contribution in [2.24, 2.45) is 5.73 Å². The summed E-state index contributed by atoms with van der Waals surface area (Å²) in [7, 11) is 1.31. The van der Waals surface area contributed by atoms with Crippen molar-refractivity contribution in [1.82, 2.24) is 0 Å². The summed E-state index contributed by atoms with van der Waals surface area (Å²) in [6.45, 7) is 0.614. The molecule has 94 valence electrons. The van der Waals surface area contributed by atoms with Crippen molar-refractivity contribution in [1.29, 1.82) is 0 Å². The van der Waals surface area contributed by atoms with Crippen LogP contribution in [0.1, 0.15) is 12.0 Å². The molecule has 0 unspecified atom stereocenters. The SMILES string of the molecule is COC(=O)CCOc1cc(F)cc(CCN)c1. The van der Waals surface area contributed by atoms with Crippen LogP contribution in [0.5, 0.6) is 5.75 Å². The largest absolute Gasteiger partial charge is 0.493 e. The van der Waals surface area contributed by atoms with Gasteiger partial charge in [-0.3, -0.25) is 4.79 Å². The van der Waals surface area contributed by atoms with Gasteiger partial charge in [0.15, 0.2) is 0 Å². The number of carbonyl (C=O) groups is 1. The Morgan fingerprint density at radius 1 is 1.41 bits per heavy atom. The maximum Gasteiger partial charge on any atom is 0.308 e. The van der Waals surface area contributed by atoms with E-state index in [4.69, 9.17) is 10.5 Å². The topological polar surface area (TPSA) is 61.5 Å². The molecule has 0 atom stereocenters. The molecule has 5 heteroatoms. The second kappa shape index (κ2) is 6.85. The monoisotopic (exact) mass is 241 g/mol. The molecule has 2 N–H and O–H groups in total. The minimum absolute atomic E-state index is 0.138. The van der Waals surface area contributed by atoms with E-state index in [9.17, 15) is 9.18 Å². The van der Waals surface area contributed by atoms with Crippen LogP contribution < -0.4 is 10.5 Å². The second-order valence-electron chi connectivity index (χ2n) is 3.51. The molecular formula is C12H16FNO3. The zero-order chi connectivity index (χ0) is 12.7. The predicted molar refractivity (Wildman–Crippen MR) is 61.3 cm³/mol. The van der Waals surface area contributed by atoms with Gasteiger partial charge in [0.2, 0.25) is 0 Å². The molecular weight excluding hydrogens is 225 g/mol. The molecule has 0 fully saturated rings. The Hall–Kier alpha value is -1.62. The molecule has 0 aliphatic carbocycles. The minimum Gasteiger partial charge on any atom is -0.493 e. The Balaban J connectivity index is 2.55. The molecule has 0 saturated heterocycles. The Morgan fingerprint density at radius 2 is 2.18 bits per heavy atom. The highest BCUT2D eigenvalue weighted by Crippen LogP contribution is 2.17. The molecule has 17 heavy (non-hydrogen) atoms. The van der Waals surface area contributed by atoms with Crippen molar-refractivity contribution in [2.75, 3.05) is 20.3 Å². The number of benzene rings is 1. The molecule has 0 spiro atoms. The van der Waals surface area contributed by atoms with Crippen molar-refractivity contribution < 1.29 is 18.7 Å². The number of rotatable bonds is 6. The normalized spacial score (nSPS) is 10.1. The van der Waals surface area contributed by atoms with Gasteiger partial charge in [0.25, 0.3) is 0 Å². The Kier molecular flexibility index (Phi) is 5.42. The number of carbonyl (C=O) groups excluding carboxylic acids is 1. The fourth-order valence-electron chi connectivity index (χ4n) is 1.37. The van der Waals surface area contributed by atoms with E-state index in [2.05, 4.69) is 4.74 Å². The number of ether oxygens (including phenoxy) is 2. The van der Waals surface area contributed by atoms with Crippen molar-refractivity contribution in [3.05, 3.63) is 29.6 Å². The molecule has 4 nitrogen and oxygen atoms in total. The Morgan fingerprint density at radius 3 is 2.82 bits per heavy atom. The van der Waals surface area contributed by atoms with Crippen LogP contribution in [0.2, 0.25) is 0 Å². The lowest BCUT2D eigenvalue weighted by atomic mass is 10.1. The highest BCUT2D eigenvalue weighted by molar-refractivity contribution is 5.69. The van der Waals surface area contributed by atoms with Gasteiger partial charge in [-0.25, -0.2) is 4.39 Å². The number of nitrogens with two attached hydrogens (primary N) is 1. The first-order valence-electron chi connectivity index (χ1n) is 5.35. The predicted octanol–water partition coefficient (Wildman–Crippen LogP) is 1.27. The molecule has 0 amide bonds. The molecule has 1 aromatic carbocycles. The lowest BCUT2D eigenvalue weighted by Gasteiger charge is -2.07. The molecule has 0 saturated carbocycles. The summed E-state index contributed by atoms with van der Waals surface area (Å²) in [5.41, 5.74) is 6.17. The molecule has 0 heterocycles. The van der Waals surface area contributed by atoms with Gasteiger partial charge in [0.1, 0.15) is 11.6 Å². The van der Waals surface area contributed by atoms with Crippen LogP contribution in [-0.2, 0) is 16.0 Å². The van der Waals surface area contributed by atoms with Crippen molar-refractivity contribution >= 4 is 5.97 Å². The van der Waals surface area contributed by atoms with E-state index in [1.54, 1.807) is 6.07 Å². The third-order valence-corrected chi connectivity index (χ3v) is 2.17. The zero-order valence-electron chi connectivity index (χ0n) is 9.74. The standard InChI is InChI=1S/C12H16FNO3/c1-16-12(15)3-5-17-11-7-9(2-4-14)6-10(13)8-11/h6-8H,2-5,14H2,1H3. The summed E-state index contributed by atoms with van der Waals surface area (Å²) in [6, 6.07) is 4.41. The first-order chi connectivity index (χ1) is 8.15. The first-order valence-corrected chi connectivity index (χ1v) is 5.35. The first kappa shape index (κ1) is 13.4. The summed E-state index contributed by atoms with van der Waals surface area (Å²) in [5.74, 6) is -0.329. The quantitative estimate of drug-likeness (QED) is 0.762. The fourth-order valence-corrected chi connectivity index (χ4v) is 1.37. The van der Waals surface area contributed by atoms with Crippen LogP contribution in [0.25, 0.3) is 0 Å². The molecule has 1 rings (SSSR count). The van der Waals surface area contributed by atoms with E-state index in [0.29, 0.717) is 18.7 Å². The van der Waals surface area contributed by atoms with Gasteiger partial charge < -0.3 is 15.2 Å². The number of hydrogen-bond donors (Lipinski definition) is 1. The third-order valence-electron chi connectivity index (χ3n) is 2.17. The van der Waals surface area contributed by atoms with Crippen LogP contribution in [0.4, 0.5) is 4.39 Å². The third kappa shape index (κ3) is 4.82. The molecule has 0 aliphatic heterocycles. The van der Waals surface area contributed by atoms with E-state index in [1.807, 2.05) is 0 Å². The smallest absolute Gasteiger partial charge is 0.308 e. The number of esters is 1. The van der Waals surface area contributed by atoms with Gasteiger partial charge in [-0.1, -0.05) is 0 Å². The summed E-state index contributed by atoms with van der Waals surface area (Å²) < 4.78 is 22.9. The van der Waals surface area contributed by atoms with E-state index in [1.165, 1.54) is 19.2 Å². The molecule has 0 radical (unpaired) electrons. The van der Waals surface area contributed by atoms with Gasteiger partial charge in [-0.15, -0.1) is 0 Å². The van der Waals surface area contributed by atoms with E-state index >= 15 is 0 Å². The van der Waals surface area contributed by atoms with Gasteiger partial charge in [-0.2, -0.15) is 0 Å². The lowest BCUT2D eigenvalue weighted by Crippen LogP contribution is -2.08. The highest BCUT2D eigenvalue weighted by Gasteiger charge is 2.04. The zero-order valence-corrected chi connectivity index (χ0v) is 9.74. The van der Waals surface area contributed by atoms with Gasteiger partial charge in [0.05, 0.1) is 20.1 Å². The van der Waals surface area contributed by atoms with Gasteiger partial charge >= 0.3 is 5.97 Å². The molecule has 1 aromatic rings. The molecule has 0 aromatic heterocycles.